The number of hydrogen-bond acceptors (Lipinski definition) is 6. The van der Waals surface area contributed by atoms with Gasteiger partial charge in [-0.05, 0) is 62.3 Å². The summed E-state index contributed by atoms with van der Waals surface area (Å²) in [6.45, 7) is 9.73. The fourth-order valence-corrected chi connectivity index (χ4v) is 6.53. The summed E-state index contributed by atoms with van der Waals surface area (Å²) in [5.74, 6) is -0.384. The predicted molar refractivity (Wildman–Crippen MR) is 145 cm³/mol. The molecule has 2 aromatic carbocycles. The lowest BCUT2D eigenvalue weighted by Gasteiger charge is -2.26. The molecule has 0 bridgehead atoms. The molecule has 0 fully saturated rings. The number of aromatic nitrogens is 1. The molecule has 7 nitrogen and oxygen atoms in total. The van der Waals surface area contributed by atoms with Crippen molar-refractivity contribution in [1.29, 1.82) is 0 Å². The standard InChI is InChI=1S/C26H35FN4O3S2/c1-18(2)16-30(17-19(3)4)36(33,34)21-12-10-20(11-13-21)25(32)31(15-14-29(5)6)26-28-24-22(27)8-7-9-23(24)35-26/h7-13,18-19H,14-17H2,1-6H3. The molecule has 0 aliphatic rings. The lowest BCUT2D eigenvalue weighted by Crippen LogP contribution is -2.37. The molecule has 3 rings (SSSR count). The lowest BCUT2D eigenvalue weighted by molar-refractivity contribution is 0.0985. The van der Waals surface area contributed by atoms with Crippen molar-refractivity contribution in [2.45, 2.75) is 32.6 Å². The second-order valence-electron chi connectivity index (χ2n) is 9.98. The molecule has 1 aromatic heterocycles. The lowest BCUT2D eigenvalue weighted by atomic mass is 10.2. The number of rotatable bonds is 11. The van der Waals surface area contributed by atoms with E-state index in [9.17, 15) is 17.6 Å². The van der Waals surface area contributed by atoms with Gasteiger partial charge >= 0.3 is 0 Å². The van der Waals surface area contributed by atoms with E-state index in [-0.39, 0.29) is 28.2 Å². The molecule has 0 saturated heterocycles. The van der Waals surface area contributed by atoms with Gasteiger partial charge in [0.25, 0.3) is 5.91 Å². The highest BCUT2D eigenvalue weighted by molar-refractivity contribution is 7.89. The first kappa shape index (κ1) is 28.2. The zero-order valence-electron chi connectivity index (χ0n) is 21.7. The molecule has 3 aromatic rings. The number of likely N-dealkylation sites (N-methyl/N-ethyl adjacent to an activating group) is 1. The molecule has 0 N–H and O–H groups in total. The van der Waals surface area contributed by atoms with Gasteiger partial charge in [0, 0.05) is 31.7 Å². The highest BCUT2D eigenvalue weighted by Gasteiger charge is 2.27. The van der Waals surface area contributed by atoms with E-state index >= 15 is 0 Å². The number of benzene rings is 2. The fraction of sp³-hybridized carbons (Fsp3) is 0.462. The highest BCUT2D eigenvalue weighted by Crippen LogP contribution is 2.31. The van der Waals surface area contributed by atoms with Gasteiger partial charge in [0.2, 0.25) is 10.0 Å². The van der Waals surface area contributed by atoms with Gasteiger partial charge in [-0.25, -0.2) is 17.8 Å². The van der Waals surface area contributed by atoms with Gasteiger partial charge in [-0.2, -0.15) is 4.31 Å². The SMILES string of the molecule is CC(C)CN(CC(C)C)S(=O)(=O)c1ccc(C(=O)N(CCN(C)C)c2nc3c(F)cccc3s2)cc1. The maximum absolute atomic E-state index is 14.3. The molecule has 0 spiro atoms. The number of para-hydroxylation sites is 1. The molecule has 0 radical (unpaired) electrons. The van der Waals surface area contributed by atoms with Gasteiger partial charge in [0.15, 0.2) is 5.13 Å². The van der Waals surface area contributed by atoms with E-state index in [0.29, 0.717) is 41.6 Å². The van der Waals surface area contributed by atoms with Crippen LogP contribution in [0.5, 0.6) is 0 Å². The molecule has 36 heavy (non-hydrogen) atoms. The third-order valence-electron chi connectivity index (χ3n) is 5.48. The smallest absolute Gasteiger partial charge is 0.260 e. The van der Waals surface area contributed by atoms with Gasteiger partial charge in [0.1, 0.15) is 11.3 Å². The number of thiazole rings is 1. The largest absolute Gasteiger partial charge is 0.308 e. The van der Waals surface area contributed by atoms with E-state index < -0.39 is 15.8 Å². The number of carbonyl (C=O) groups excluding carboxylic acids is 1. The van der Waals surface area contributed by atoms with Crippen molar-refractivity contribution >= 4 is 42.6 Å². The van der Waals surface area contributed by atoms with Crippen LogP contribution in [0, 0.1) is 17.7 Å². The average Bonchev–Trinajstić information content (AvgIpc) is 3.23. The van der Waals surface area contributed by atoms with Crippen molar-refractivity contribution in [2.75, 3.05) is 45.2 Å². The maximum Gasteiger partial charge on any atom is 0.260 e. The predicted octanol–water partition coefficient (Wildman–Crippen LogP) is 4.95. The van der Waals surface area contributed by atoms with Gasteiger partial charge in [-0.3, -0.25) is 9.69 Å². The zero-order chi connectivity index (χ0) is 26.6. The van der Waals surface area contributed by atoms with E-state index in [1.165, 1.54) is 50.9 Å². The summed E-state index contributed by atoms with van der Waals surface area (Å²) in [6.07, 6.45) is 0. The number of anilines is 1. The molecule has 0 aliphatic heterocycles. The molecule has 0 aliphatic carbocycles. The Kier molecular flexibility index (Phi) is 9.21. The number of halogens is 1. The topological polar surface area (TPSA) is 73.8 Å². The van der Waals surface area contributed by atoms with Crippen molar-refractivity contribution < 1.29 is 17.6 Å². The molecule has 196 valence electrons. The Morgan fingerprint density at radius 3 is 2.11 bits per heavy atom. The molecule has 10 heteroatoms. The number of hydrogen-bond donors (Lipinski definition) is 0. The number of sulfonamides is 1. The quantitative estimate of drug-likeness (QED) is 0.348. The van der Waals surface area contributed by atoms with Crippen LogP contribution >= 0.6 is 11.3 Å². The first-order chi connectivity index (χ1) is 16.9. The normalized spacial score (nSPS) is 12.4. The van der Waals surface area contributed by atoms with Crippen LogP contribution in [-0.4, -0.2) is 68.8 Å². The molecule has 1 amide bonds. The summed E-state index contributed by atoms with van der Waals surface area (Å²) in [4.78, 5) is 21.6. The fourth-order valence-electron chi connectivity index (χ4n) is 3.76. The Morgan fingerprint density at radius 1 is 0.972 bits per heavy atom. The van der Waals surface area contributed by atoms with Gasteiger partial charge in [0.05, 0.1) is 9.60 Å². The van der Waals surface area contributed by atoms with Crippen LogP contribution < -0.4 is 4.90 Å². The van der Waals surface area contributed by atoms with Crippen LogP contribution in [0.1, 0.15) is 38.1 Å². The van der Waals surface area contributed by atoms with Crippen LogP contribution in [0.2, 0.25) is 0 Å². The van der Waals surface area contributed by atoms with Gasteiger partial charge in [-0.1, -0.05) is 45.1 Å². The Labute approximate surface area is 217 Å². The second-order valence-corrected chi connectivity index (χ2v) is 12.9. The molecule has 0 unspecified atom stereocenters. The van der Waals surface area contributed by atoms with Crippen LogP contribution in [0.15, 0.2) is 47.4 Å². The van der Waals surface area contributed by atoms with Crippen LogP contribution in [0.4, 0.5) is 9.52 Å². The minimum Gasteiger partial charge on any atom is -0.308 e. The van der Waals surface area contributed by atoms with E-state index in [2.05, 4.69) is 4.98 Å². The minimum atomic E-state index is -3.70. The number of amides is 1. The monoisotopic (exact) mass is 534 g/mol. The molecular formula is C26H35FN4O3S2. The Balaban J connectivity index is 1.92. The third kappa shape index (κ3) is 6.67. The highest BCUT2D eigenvalue weighted by atomic mass is 32.2. The van der Waals surface area contributed by atoms with E-state index in [4.69, 9.17) is 0 Å². The van der Waals surface area contributed by atoms with E-state index in [0.717, 1.165) is 0 Å². The third-order valence-corrected chi connectivity index (χ3v) is 8.37. The van der Waals surface area contributed by atoms with Crippen LogP contribution in [0.3, 0.4) is 0 Å². The molecular weight excluding hydrogens is 499 g/mol. The summed E-state index contributed by atoms with van der Waals surface area (Å²) < 4.78 is 43.1. The van der Waals surface area contributed by atoms with Crippen LogP contribution in [0.25, 0.3) is 10.2 Å². The Morgan fingerprint density at radius 2 is 1.58 bits per heavy atom. The molecule has 0 saturated carbocycles. The zero-order valence-corrected chi connectivity index (χ0v) is 23.4. The number of carbonyl (C=O) groups is 1. The van der Waals surface area contributed by atoms with Crippen molar-refractivity contribution in [2.24, 2.45) is 11.8 Å². The van der Waals surface area contributed by atoms with Gasteiger partial charge in [-0.15, -0.1) is 0 Å². The number of fused-ring (bicyclic) bond motifs is 1. The summed E-state index contributed by atoms with van der Waals surface area (Å²) >= 11 is 1.25. The second kappa shape index (κ2) is 11.8. The minimum absolute atomic E-state index is 0.155. The van der Waals surface area contributed by atoms with Crippen molar-refractivity contribution in [3.05, 3.63) is 53.8 Å². The average molecular weight is 535 g/mol. The number of nitrogens with zero attached hydrogens (tertiary/aromatic N) is 4. The summed E-state index contributed by atoms with van der Waals surface area (Å²) in [5.41, 5.74) is 0.573. The van der Waals surface area contributed by atoms with Crippen molar-refractivity contribution in [3.8, 4) is 0 Å². The summed E-state index contributed by atoms with van der Waals surface area (Å²) in [7, 11) is 0.107. The molecule has 0 atom stereocenters. The Bertz CT molecular complexity index is 1280. The van der Waals surface area contributed by atoms with Crippen molar-refractivity contribution in [1.82, 2.24) is 14.2 Å². The summed E-state index contributed by atoms with van der Waals surface area (Å²) in [5, 5.41) is 0.402. The maximum atomic E-state index is 14.3. The first-order valence-corrected chi connectivity index (χ1v) is 14.3. The van der Waals surface area contributed by atoms with Crippen LogP contribution in [-0.2, 0) is 10.0 Å². The van der Waals surface area contributed by atoms with E-state index in [1.54, 1.807) is 12.1 Å². The summed E-state index contributed by atoms with van der Waals surface area (Å²) in [6, 6.07) is 10.8. The van der Waals surface area contributed by atoms with Crippen molar-refractivity contribution in [3.63, 3.8) is 0 Å². The van der Waals surface area contributed by atoms with E-state index in [1.807, 2.05) is 46.7 Å². The van der Waals surface area contributed by atoms with Gasteiger partial charge < -0.3 is 4.90 Å². The first-order valence-electron chi connectivity index (χ1n) is 12.0. The molecule has 1 heterocycles. The Hall–Kier alpha value is -2.40.